The number of nitrogens with one attached hydrogen (secondary N) is 1. The van der Waals surface area contributed by atoms with Crippen molar-refractivity contribution in [3.8, 4) is 17.2 Å². The van der Waals surface area contributed by atoms with Crippen LogP contribution in [0.5, 0.6) is 0 Å². The highest BCUT2D eigenvalue weighted by Gasteiger charge is 2.18. The SMILES string of the molecule is Cc1ccc(-c2csc3ncn(CCC(=O)NC(C#N)c4ccccc4F)c(=O)c23)cc1. The van der Waals surface area contributed by atoms with Crippen LogP contribution in [0.3, 0.4) is 0 Å². The molecule has 0 fully saturated rings. The number of nitrogens with zero attached hydrogens (tertiary/aromatic N) is 3. The molecule has 8 heteroatoms. The van der Waals surface area contributed by atoms with Crippen LogP contribution in [0.4, 0.5) is 4.39 Å². The molecule has 4 aromatic rings. The Labute approximate surface area is 187 Å². The van der Waals surface area contributed by atoms with Gasteiger partial charge in [-0.3, -0.25) is 14.2 Å². The van der Waals surface area contributed by atoms with Gasteiger partial charge in [-0.2, -0.15) is 5.26 Å². The van der Waals surface area contributed by atoms with Crippen molar-refractivity contribution in [2.75, 3.05) is 0 Å². The molecule has 0 spiro atoms. The third-order valence-electron chi connectivity index (χ3n) is 5.15. The van der Waals surface area contributed by atoms with Gasteiger partial charge in [0, 0.05) is 29.5 Å². The van der Waals surface area contributed by atoms with Crippen molar-refractivity contribution >= 4 is 27.5 Å². The van der Waals surface area contributed by atoms with E-state index in [1.165, 1.54) is 40.4 Å². The lowest BCUT2D eigenvalue weighted by Gasteiger charge is -2.13. The van der Waals surface area contributed by atoms with Crippen molar-refractivity contribution in [3.05, 3.63) is 87.5 Å². The topological polar surface area (TPSA) is 87.8 Å². The smallest absolute Gasteiger partial charge is 0.262 e. The lowest BCUT2D eigenvalue weighted by atomic mass is 10.1. The zero-order valence-electron chi connectivity index (χ0n) is 17.2. The summed E-state index contributed by atoms with van der Waals surface area (Å²) in [5.74, 6) is -1.03. The highest BCUT2D eigenvalue weighted by atomic mass is 32.1. The maximum atomic E-state index is 13.9. The lowest BCUT2D eigenvalue weighted by molar-refractivity contribution is -0.121. The van der Waals surface area contributed by atoms with Gasteiger partial charge in [0.1, 0.15) is 16.7 Å². The van der Waals surface area contributed by atoms with Gasteiger partial charge in [0.25, 0.3) is 5.56 Å². The number of carbonyl (C=O) groups is 1. The Bertz CT molecular complexity index is 1390. The van der Waals surface area contributed by atoms with Crippen LogP contribution < -0.4 is 10.9 Å². The number of nitriles is 1. The third kappa shape index (κ3) is 4.29. The average molecular weight is 447 g/mol. The first-order chi connectivity index (χ1) is 15.5. The van der Waals surface area contributed by atoms with Crippen LogP contribution in [0.1, 0.15) is 23.6 Å². The molecule has 1 unspecified atom stereocenters. The molecule has 0 bridgehead atoms. The summed E-state index contributed by atoms with van der Waals surface area (Å²) in [6.07, 6.45) is 1.37. The summed E-state index contributed by atoms with van der Waals surface area (Å²) in [6.45, 7) is 2.09. The summed E-state index contributed by atoms with van der Waals surface area (Å²) < 4.78 is 15.3. The standard InChI is InChI=1S/C24H19FN4O2S/c1-15-6-8-16(9-7-15)18-13-32-23-22(18)24(31)29(14-27-23)11-10-21(30)28-20(12-26)17-4-2-3-5-19(17)25/h2-9,13-14,20H,10-11H2,1H3,(H,28,30). The van der Waals surface area contributed by atoms with Gasteiger partial charge in [-0.25, -0.2) is 9.37 Å². The molecule has 1 atom stereocenters. The molecular weight excluding hydrogens is 427 g/mol. The van der Waals surface area contributed by atoms with Gasteiger partial charge in [-0.1, -0.05) is 48.0 Å². The number of carbonyl (C=O) groups excluding carboxylic acids is 1. The Kier molecular flexibility index (Phi) is 6.10. The molecule has 2 aromatic heterocycles. The van der Waals surface area contributed by atoms with Gasteiger partial charge in [-0.05, 0) is 18.6 Å². The predicted octanol–water partition coefficient (Wildman–Crippen LogP) is 4.34. The van der Waals surface area contributed by atoms with Crippen LogP contribution >= 0.6 is 11.3 Å². The van der Waals surface area contributed by atoms with Gasteiger partial charge in [0.15, 0.2) is 0 Å². The normalized spacial score (nSPS) is 11.8. The van der Waals surface area contributed by atoms with Crippen molar-refractivity contribution in [1.29, 1.82) is 5.26 Å². The zero-order chi connectivity index (χ0) is 22.7. The maximum Gasteiger partial charge on any atom is 0.262 e. The third-order valence-corrected chi connectivity index (χ3v) is 6.04. The highest BCUT2D eigenvalue weighted by molar-refractivity contribution is 7.17. The van der Waals surface area contributed by atoms with Crippen molar-refractivity contribution in [2.24, 2.45) is 0 Å². The van der Waals surface area contributed by atoms with E-state index < -0.39 is 17.8 Å². The fourth-order valence-electron chi connectivity index (χ4n) is 3.42. The summed E-state index contributed by atoms with van der Waals surface area (Å²) in [4.78, 5) is 30.5. The highest BCUT2D eigenvalue weighted by Crippen LogP contribution is 2.30. The maximum absolute atomic E-state index is 13.9. The molecule has 0 aliphatic rings. The van der Waals surface area contributed by atoms with E-state index in [2.05, 4.69) is 10.3 Å². The van der Waals surface area contributed by atoms with Gasteiger partial charge in [0.05, 0.1) is 17.8 Å². The zero-order valence-corrected chi connectivity index (χ0v) is 18.0. The Morgan fingerprint density at radius 2 is 2.00 bits per heavy atom. The molecule has 2 heterocycles. The number of aryl methyl sites for hydroxylation is 2. The van der Waals surface area contributed by atoms with E-state index in [9.17, 15) is 19.2 Å². The second kappa shape index (κ2) is 9.12. The van der Waals surface area contributed by atoms with Crippen LogP contribution in [0.25, 0.3) is 21.3 Å². The summed E-state index contributed by atoms with van der Waals surface area (Å²) in [7, 11) is 0. The Morgan fingerprint density at radius 1 is 1.25 bits per heavy atom. The van der Waals surface area contributed by atoms with E-state index in [1.807, 2.05) is 42.6 Å². The summed E-state index contributed by atoms with van der Waals surface area (Å²) in [5.41, 5.74) is 2.74. The van der Waals surface area contributed by atoms with Crippen LogP contribution in [0.2, 0.25) is 0 Å². The minimum atomic E-state index is -1.11. The second-order valence-electron chi connectivity index (χ2n) is 7.34. The molecule has 2 aromatic carbocycles. The van der Waals surface area contributed by atoms with Gasteiger partial charge < -0.3 is 5.32 Å². The number of halogens is 1. The van der Waals surface area contributed by atoms with E-state index in [4.69, 9.17) is 0 Å². The second-order valence-corrected chi connectivity index (χ2v) is 8.20. The van der Waals surface area contributed by atoms with Crippen LogP contribution in [-0.4, -0.2) is 15.5 Å². The number of hydrogen-bond donors (Lipinski definition) is 1. The van der Waals surface area contributed by atoms with Crippen molar-refractivity contribution in [1.82, 2.24) is 14.9 Å². The minimum Gasteiger partial charge on any atom is -0.336 e. The first-order valence-corrected chi connectivity index (χ1v) is 10.8. The quantitative estimate of drug-likeness (QED) is 0.477. The monoisotopic (exact) mass is 446 g/mol. The lowest BCUT2D eigenvalue weighted by Crippen LogP contribution is -2.30. The molecule has 0 saturated carbocycles. The molecule has 0 aliphatic heterocycles. The number of hydrogen-bond acceptors (Lipinski definition) is 5. The first-order valence-electron chi connectivity index (χ1n) is 9.95. The Balaban J connectivity index is 1.53. The predicted molar refractivity (Wildman–Crippen MR) is 122 cm³/mol. The number of thiophene rings is 1. The van der Waals surface area contributed by atoms with Gasteiger partial charge >= 0.3 is 0 Å². The molecule has 0 aliphatic carbocycles. The number of amides is 1. The van der Waals surface area contributed by atoms with Crippen LogP contribution in [0.15, 0.2) is 65.0 Å². The van der Waals surface area contributed by atoms with E-state index in [1.54, 1.807) is 6.07 Å². The summed E-state index contributed by atoms with van der Waals surface area (Å²) in [6, 6.07) is 14.5. The van der Waals surface area contributed by atoms with Crippen molar-refractivity contribution < 1.29 is 9.18 Å². The Hall–Kier alpha value is -3.83. The Morgan fingerprint density at radius 3 is 2.72 bits per heavy atom. The minimum absolute atomic E-state index is 0.0519. The number of fused-ring (bicyclic) bond motifs is 1. The van der Waals surface area contributed by atoms with E-state index >= 15 is 0 Å². The average Bonchev–Trinajstić information content (AvgIpc) is 3.23. The van der Waals surface area contributed by atoms with Crippen molar-refractivity contribution in [2.45, 2.75) is 25.9 Å². The molecule has 1 N–H and O–H groups in total. The summed E-state index contributed by atoms with van der Waals surface area (Å²) in [5, 5.41) is 14.3. The number of aromatic nitrogens is 2. The summed E-state index contributed by atoms with van der Waals surface area (Å²) >= 11 is 1.40. The molecule has 4 rings (SSSR count). The van der Waals surface area contributed by atoms with Gasteiger partial charge in [0.2, 0.25) is 5.91 Å². The van der Waals surface area contributed by atoms with E-state index in [-0.39, 0.29) is 24.1 Å². The molecule has 0 saturated heterocycles. The molecule has 32 heavy (non-hydrogen) atoms. The molecule has 1 amide bonds. The van der Waals surface area contributed by atoms with Crippen LogP contribution in [-0.2, 0) is 11.3 Å². The van der Waals surface area contributed by atoms with E-state index in [0.29, 0.717) is 10.2 Å². The van der Waals surface area contributed by atoms with Crippen molar-refractivity contribution in [3.63, 3.8) is 0 Å². The largest absolute Gasteiger partial charge is 0.336 e. The molecular formula is C24H19FN4O2S. The van der Waals surface area contributed by atoms with E-state index in [0.717, 1.165) is 16.7 Å². The van der Waals surface area contributed by atoms with Gasteiger partial charge in [-0.15, -0.1) is 11.3 Å². The van der Waals surface area contributed by atoms with Crippen LogP contribution in [0, 0.1) is 24.1 Å². The molecule has 160 valence electrons. The molecule has 6 nitrogen and oxygen atoms in total. The fraction of sp³-hybridized carbons (Fsp3) is 0.167. The first kappa shape index (κ1) is 21.4. The fourth-order valence-corrected chi connectivity index (χ4v) is 4.32. The molecule has 0 radical (unpaired) electrons. The number of rotatable bonds is 6. The number of benzene rings is 2.